The van der Waals surface area contributed by atoms with Crippen molar-refractivity contribution < 1.29 is 11.0 Å². The van der Waals surface area contributed by atoms with Crippen molar-refractivity contribution in [3.05, 3.63) is 97.1 Å². The zero-order valence-corrected chi connectivity index (χ0v) is 15.2. The van der Waals surface area contributed by atoms with Gasteiger partial charge in [0.15, 0.2) is 0 Å². The molecule has 134 valence electrons. The summed E-state index contributed by atoms with van der Waals surface area (Å²) in [5, 5.41) is 2.52. The van der Waals surface area contributed by atoms with E-state index in [-0.39, 0.29) is 11.0 Å². The number of hydrogen-bond acceptors (Lipinski definition) is 2. The first-order valence-corrected chi connectivity index (χ1v) is 8.76. The summed E-state index contributed by atoms with van der Waals surface area (Å²) in [6, 6.07) is 33.8. The van der Waals surface area contributed by atoms with Crippen LogP contribution in [0.25, 0.3) is 38.6 Å². The zero-order valence-electron chi connectivity index (χ0n) is 15.2. The summed E-state index contributed by atoms with van der Waals surface area (Å²) < 4.78 is 2.30. The molecular formula is C24H18BNO2. The molecule has 3 nitrogen and oxygen atoms in total. The van der Waals surface area contributed by atoms with Gasteiger partial charge in [-0.05, 0) is 0 Å². The molecule has 1 heterocycles. The molecule has 4 heteroatoms. The van der Waals surface area contributed by atoms with Crippen molar-refractivity contribution in [3.8, 4) is 16.8 Å². The molecule has 0 fully saturated rings. The number of para-hydroxylation sites is 1. The third-order valence-corrected chi connectivity index (χ3v) is 4.93. The Balaban J connectivity index is 0.00000112. The van der Waals surface area contributed by atoms with Crippen LogP contribution >= 0.6 is 0 Å². The van der Waals surface area contributed by atoms with Gasteiger partial charge < -0.3 is 11.0 Å². The largest absolute Gasteiger partial charge is 0.870 e. The number of aromatic nitrogens is 1. The van der Waals surface area contributed by atoms with Crippen LogP contribution in [0.15, 0.2) is 97.1 Å². The van der Waals surface area contributed by atoms with Gasteiger partial charge >= 0.3 is 147 Å². The zero-order chi connectivity index (χ0) is 17.5. The average Bonchev–Trinajstić information content (AvgIpc) is 3.03. The van der Waals surface area contributed by atoms with E-state index < -0.39 is 0 Å². The predicted molar refractivity (Wildman–Crippen MR) is 115 cm³/mol. The van der Waals surface area contributed by atoms with Crippen molar-refractivity contribution in [3.63, 3.8) is 0 Å². The smallest absolute Gasteiger partial charge is 0.870 e. The van der Waals surface area contributed by atoms with E-state index in [1.807, 2.05) is 12.1 Å². The van der Waals surface area contributed by atoms with E-state index in [9.17, 15) is 0 Å². The van der Waals surface area contributed by atoms with E-state index in [1.165, 1.54) is 32.9 Å². The molecule has 0 saturated heterocycles. The van der Waals surface area contributed by atoms with Crippen LogP contribution in [0.1, 0.15) is 0 Å². The molecule has 28 heavy (non-hydrogen) atoms. The summed E-state index contributed by atoms with van der Waals surface area (Å²) in [5.41, 5.74) is 6.78. The molecule has 0 saturated carbocycles. The van der Waals surface area contributed by atoms with Gasteiger partial charge in [-0.15, -0.1) is 0 Å². The SMILES string of the molecule is [B+2]c1ccc(-n2c3ccccc3c3cc(-c4ccccc4)ccc32)cc1.[OH-].[OH-]. The van der Waals surface area contributed by atoms with Crippen LogP contribution < -0.4 is 5.46 Å². The molecule has 0 amide bonds. The van der Waals surface area contributed by atoms with Crippen molar-refractivity contribution >= 4 is 35.1 Å². The van der Waals surface area contributed by atoms with Gasteiger partial charge in [0, 0.05) is 0 Å². The van der Waals surface area contributed by atoms with Gasteiger partial charge in [0.2, 0.25) is 0 Å². The minimum absolute atomic E-state index is 0. The Morgan fingerprint density at radius 1 is 0.536 bits per heavy atom. The van der Waals surface area contributed by atoms with E-state index >= 15 is 0 Å². The fraction of sp³-hybridized carbons (Fsp3) is 0. The molecule has 0 aliphatic heterocycles. The molecule has 0 atom stereocenters. The summed E-state index contributed by atoms with van der Waals surface area (Å²) in [7, 11) is 5.88. The molecule has 5 aromatic rings. The van der Waals surface area contributed by atoms with Crippen molar-refractivity contribution in [2.75, 3.05) is 0 Å². The Morgan fingerprint density at radius 3 is 1.93 bits per heavy atom. The second-order valence-corrected chi connectivity index (χ2v) is 6.54. The van der Waals surface area contributed by atoms with Crippen LogP contribution in [0.5, 0.6) is 0 Å². The number of fused-ring (bicyclic) bond motifs is 3. The van der Waals surface area contributed by atoms with E-state index in [4.69, 9.17) is 7.85 Å². The molecule has 2 N–H and O–H groups in total. The second-order valence-electron chi connectivity index (χ2n) is 6.54. The van der Waals surface area contributed by atoms with Crippen molar-refractivity contribution in [2.24, 2.45) is 0 Å². The van der Waals surface area contributed by atoms with E-state index in [2.05, 4.69) is 89.5 Å². The first kappa shape index (κ1) is 19.4. The maximum Gasteiger partial charge on any atom is -0.870 e. The summed E-state index contributed by atoms with van der Waals surface area (Å²) in [6.45, 7) is 0. The van der Waals surface area contributed by atoms with E-state index in [1.54, 1.807) is 0 Å². The molecule has 0 spiro atoms. The summed E-state index contributed by atoms with van der Waals surface area (Å²) in [5.74, 6) is 0. The Labute approximate surface area is 164 Å². The van der Waals surface area contributed by atoms with Crippen LogP contribution in [0, 0.1) is 0 Å². The van der Waals surface area contributed by atoms with Gasteiger partial charge in [-0.25, -0.2) is 0 Å². The first-order chi connectivity index (χ1) is 12.8. The molecule has 0 radical (unpaired) electrons. The van der Waals surface area contributed by atoms with Gasteiger partial charge in [0.1, 0.15) is 0 Å². The molecule has 0 bridgehead atoms. The topological polar surface area (TPSA) is 64.9 Å². The predicted octanol–water partition coefficient (Wildman–Crippen LogP) is 4.89. The Morgan fingerprint density at radius 2 is 1.18 bits per heavy atom. The molecule has 0 aliphatic carbocycles. The summed E-state index contributed by atoms with van der Waals surface area (Å²) in [4.78, 5) is 0. The maximum atomic E-state index is 5.88. The monoisotopic (exact) mass is 363 g/mol. The number of benzene rings is 4. The molecular weight excluding hydrogens is 345 g/mol. The first-order valence-electron chi connectivity index (χ1n) is 8.76. The third-order valence-electron chi connectivity index (χ3n) is 4.93. The van der Waals surface area contributed by atoms with Crippen LogP contribution in [0.3, 0.4) is 0 Å². The number of hydrogen-bond donors (Lipinski definition) is 0. The molecule has 0 aliphatic rings. The fourth-order valence-corrected chi connectivity index (χ4v) is 3.68. The third kappa shape index (κ3) is 3.09. The van der Waals surface area contributed by atoms with Gasteiger partial charge in [-0.3, -0.25) is 0 Å². The van der Waals surface area contributed by atoms with E-state index in [0.717, 1.165) is 11.2 Å². The van der Waals surface area contributed by atoms with Crippen molar-refractivity contribution in [1.82, 2.24) is 4.57 Å². The van der Waals surface area contributed by atoms with Crippen LogP contribution in [-0.4, -0.2) is 23.4 Å². The minimum atomic E-state index is 0. The number of rotatable bonds is 2. The average molecular weight is 363 g/mol. The number of nitrogens with zero attached hydrogens (tertiary/aromatic N) is 1. The van der Waals surface area contributed by atoms with Crippen LogP contribution in [0.2, 0.25) is 0 Å². The molecule has 0 unspecified atom stereocenters. The maximum absolute atomic E-state index is 5.88. The van der Waals surface area contributed by atoms with Crippen molar-refractivity contribution in [2.45, 2.75) is 0 Å². The van der Waals surface area contributed by atoms with Gasteiger partial charge in [-0.2, -0.15) is 0 Å². The minimum Gasteiger partial charge on any atom is -0.870 e. The van der Waals surface area contributed by atoms with Crippen LogP contribution in [-0.2, 0) is 0 Å². The Bertz CT molecular complexity index is 1230. The summed E-state index contributed by atoms with van der Waals surface area (Å²) >= 11 is 0. The van der Waals surface area contributed by atoms with Crippen LogP contribution in [0.4, 0.5) is 0 Å². The molecule has 4 aromatic carbocycles. The van der Waals surface area contributed by atoms with Gasteiger partial charge in [-0.1, -0.05) is 6.07 Å². The van der Waals surface area contributed by atoms with Crippen molar-refractivity contribution in [1.29, 1.82) is 0 Å². The van der Waals surface area contributed by atoms with E-state index in [0.29, 0.717) is 0 Å². The fourth-order valence-electron chi connectivity index (χ4n) is 3.68. The van der Waals surface area contributed by atoms with Gasteiger partial charge in [0.25, 0.3) is 0 Å². The second kappa shape index (κ2) is 7.73. The van der Waals surface area contributed by atoms with Gasteiger partial charge in [0.05, 0.1) is 0 Å². The normalized spacial score (nSPS) is 10.5. The standard InChI is InChI=1S/C24H16BN.2H2O/c25-19-11-13-20(14-12-19)26-23-9-5-4-8-21(23)22-16-18(10-15-24(22)26)17-6-2-1-3-7-17;;/h1-16H;2*1H2/q+2;;/p-2. The Kier molecular flexibility index (Phi) is 5.36. The molecule has 1 aromatic heterocycles. The Hall–Kier alpha value is -3.34. The summed E-state index contributed by atoms with van der Waals surface area (Å²) in [6.07, 6.45) is 0. The molecule has 5 rings (SSSR count). The quantitative estimate of drug-likeness (QED) is 0.419.